The largest absolute Gasteiger partial charge is 0.493 e. The number of carbonyl (C=O) groups is 2. The summed E-state index contributed by atoms with van der Waals surface area (Å²) in [6.45, 7) is 0.149. The highest BCUT2D eigenvalue weighted by atomic mass is 32.2. The number of methoxy groups -OCH3 is 1. The number of amides is 3. The lowest BCUT2D eigenvalue weighted by atomic mass is 10.1. The molecule has 1 aliphatic rings. The maximum absolute atomic E-state index is 12.7. The van der Waals surface area contributed by atoms with E-state index in [0.29, 0.717) is 5.56 Å². The molecule has 9 heteroatoms. The molecule has 0 aromatic heterocycles. The van der Waals surface area contributed by atoms with Crippen molar-refractivity contribution >= 4 is 28.1 Å². The molecule has 1 fully saturated rings. The second-order valence-corrected chi connectivity index (χ2v) is 8.67. The summed E-state index contributed by atoms with van der Waals surface area (Å²) in [5.41, 5.74) is 1.44. The first-order chi connectivity index (χ1) is 15.9. The van der Waals surface area contributed by atoms with Crippen molar-refractivity contribution < 1.29 is 26.9 Å². The van der Waals surface area contributed by atoms with Crippen molar-refractivity contribution in [3.8, 4) is 11.5 Å². The highest BCUT2D eigenvalue weighted by molar-refractivity contribution is 7.87. The number of rotatable bonds is 7. The van der Waals surface area contributed by atoms with Gasteiger partial charge in [0.15, 0.2) is 11.5 Å². The van der Waals surface area contributed by atoms with Gasteiger partial charge in [-0.25, -0.2) is 4.79 Å². The van der Waals surface area contributed by atoms with Crippen LogP contribution in [0.5, 0.6) is 11.5 Å². The van der Waals surface area contributed by atoms with Crippen molar-refractivity contribution in [3.63, 3.8) is 0 Å². The predicted molar refractivity (Wildman–Crippen MR) is 121 cm³/mol. The summed E-state index contributed by atoms with van der Waals surface area (Å²) in [7, 11) is -2.67. The highest BCUT2D eigenvalue weighted by Crippen LogP contribution is 2.31. The minimum absolute atomic E-state index is 0.00371. The van der Waals surface area contributed by atoms with Crippen molar-refractivity contribution in [2.24, 2.45) is 0 Å². The summed E-state index contributed by atoms with van der Waals surface area (Å²) in [6.07, 6.45) is 1.49. The second-order valence-electron chi connectivity index (χ2n) is 7.13. The van der Waals surface area contributed by atoms with Gasteiger partial charge in [-0.2, -0.15) is 8.42 Å². The second kappa shape index (κ2) is 9.17. The number of hydrogen-bond donors (Lipinski definition) is 1. The fourth-order valence-electron chi connectivity index (χ4n) is 3.24. The molecule has 0 radical (unpaired) electrons. The fraction of sp³-hybridized carbons (Fsp3) is 0.0833. The molecule has 3 aromatic carbocycles. The molecule has 8 nitrogen and oxygen atoms in total. The van der Waals surface area contributed by atoms with Crippen LogP contribution in [-0.4, -0.2) is 32.4 Å². The molecule has 4 rings (SSSR count). The van der Waals surface area contributed by atoms with Crippen LogP contribution in [0.1, 0.15) is 11.1 Å². The Labute approximate surface area is 191 Å². The van der Waals surface area contributed by atoms with Gasteiger partial charge in [-0.1, -0.05) is 54.6 Å². The molecule has 0 saturated carbocycles. The summed E-state index contributed by atoms with van der Waals surface area (Å²) in [5, 5.41) is 2.56. The van der Waals surface area contributed by atoms with Gasteiger partial charge in [0.05, 0.1) is 13.7 Å². The van der Waals surface area contributed by atoms with E-state index in [2.05, 4.69) is 5.32 Å². The molecule has 33 heavy (non-hydrogen) atoms. The summed E-state index contributed by atoms with van der Waals surface area (Å²) >= 11 is 0. The number of ether oxygens (including phenoxy) is 1. The van der Waals surface area contributed by atoms with Crippen LogP contribution in [0, 0.1) is 0 Å². The van der Waals surface area contributed by atoms with E-state index in [9.17, 15) is 18.0 Å². The van der Waals surface area contributed by atoms with Gasteiger partial charge in [0.25, 0.3) is 5.91 Å². The summed E-state index contributed by atoms with van der Waals surface area (Å²) in [5.74, 6) is -0.312. The molecule has 168 valence electrons. The molecule has 1 N–H and O–H groups in total. The summed E-state index contributed by atoms with van der Waals surface area (Å²) in [4.78, 5) is 26.2. The third-order valence-corrected chi connectivity index (χ3v) is 6.12. The summed E-state index contributed by atoms with van der Waals surface area (Å²) < 4.78 is 35.5. The molecule has 1 saturated heterocycles. The molecule has 3 amide bonds. The zero-order valence-corrected chi connectivity index (χ0v) is 18.4. The molecule has 0 bridgehead atoms. The smallest absolute Gasteiger partial charge is 0.339 e. The topological polar surface area (TPSA) is 102 Å². The Morgan fingerprint density at radius 3 is 2.24 bits per heavy atom. The van der Waals surface area contributed by atoms with Crippen molar-refractivity contribution in [2.45, 2.75) is 11.4 Å². The van der Waals surface area contributed by atoms with Crippen LogP contribution in [0.15, 0.2) is 89.5 Å². The lowest BCUT2D eigenvalue weighted by Crippen LogP contribution is -2.30. The van der Waals surface area contributed by atoms with E-state index in [1.807, 2.05) is 30.3 Å². The first kappa shape index (κ1) is 22.1. The van der Waals surface area contributed by atoms with Gasteiger partial charge < -0.3 is 14.2 Å². The minimum atomic E-state index is -4.05. The van der Waals surface area contributed by atoms with E-state index in [-0.39, 0.29) is 28.6 Å². The number of nitrogens with one attached hydrogen (secondary N) is 1. The van der Waals surface area contributed by atoms with E-state index >= 15 is 0 Å². The molecule has 0 atom stereocenters. The molecule has 0 unspecified atom stereocenters. The van der Waals surface area contributed by atoms with E-state index in [1.165, 1.54) is 37.5 Å². The van der Waals surface area contributed by atoms with Crippen LogP contribution in [0.4, 0.5) is 4.79 Å². The Hall–Kier alpha value is -4.11. The minimum Gasteiger partial charge on any atom is -0.493 e. The standard InChI is InChI=1S/C24H20N2O6S/c1-31-22-15-18(12-13-21(22)32-33(29,30)19-10-6-3-7-11-19)14-20-23(27)26(24(28)25-20)16-17-8-4-2-5-9-17/h2-15H,16H2,1H3,(H,25,28)/b20-14-. The first-order valence-corrected chi connectivity index (χ1v) is 11.3. The molecule has 1 aliphatic heterocycles. The van der Waals surface area contributed by atoms with Gasteiger partial charge in [-0.05, 0) is 41.5 Å². The molecular weight excluding hydrogens is 444 g/mol. The molecule has 0 aliphatic carbocycles. The van der Waals surface area contributed by atoms with Crippen molar-refractivity contribution in [1.29, 1.82) is 0 Å². The SMILES string of the molecule is COc1cc(/C=C2\NC(=O)N(Cc3ccccc3)C2=O)ccc1OS(=O)(=O)c1ccccc1. The Morgan fingerprint density at radius 1 is 0.909 bits per heavy atom. The Kier molecular flexibility index (Phi) is 6.14. The lowest BCUT2D eigenvalue weighted by molar-refractivity contribution is -0.123. The van der Waals surface area contributed by atoms with Gasteiger partial charge >= 0.3 is 16.1 Å². The van der Waals surface area contributed by atoms with Gasteiger partial charge in [-0.15, -0.1) is 0 Å². The van der Waals surface area contributed by atoms with Crippen LogP contribution in [0.2, 0.25) is 0 Å². The Bertz CT molecular complexity index is 1320. The van der Waals surface area contributed by atoms with Gasteiger partial charge in [0.1, 0.15) is 10.6 Å². The number of benzene rings is 3. The molecule has 3 aromatic rings. The van der Waals surface area contributed by atoms with Gasteiger partial charge in [0.2, 0.25) is 0 Å². The van der Waals surface area contributed by atoms with E-state index in [0.717, 1.165) is 10.5 Å². The lowest BCUT2D eigenvalue weighted by Gasteiger charge is -2.12. The van der Waals surface area contributed by atoms with Gasteiger partial charge in [0, 0.05) is 0 Å². The molecule has 0 spiro atoms. The fourth-order valence-corrected chi connectivity index (χ4v) is 4.20. The van der Waals surface area contributed by atoms with E-state index in [1.54, 1.807) is 24.3 Å². The maximum atomic E-state index is 12.7. The van der Waals surface area contributed by atoms with Crippen LogP contribution < -0.4 is 14.2 Å². The van der Waals surface area contributed by atoms with E-state index in [4.69, 9.17) is 8.92 Å². The third kappa shape index (κ3) is 4.88. The number of carbonyl (C=O) groups excluding carboxylic acids is 2. The average molecular weight is 464 g/mol. The number of imide groups is 1. The Balaban J connectivity index is 1.55. The molecular formula is C24H20N2O6S. The highest BCUT2D eigenvalue weighted by Gasteiger charge is 2.33. The number of urea groups is 1. The van der Waals surface area contributed by atoms with Crippen molar-refractivity contribution in [3.05, 3.63) is 95.7 Å². The first-order valence-electron chi connectivity index (χ1n) is 9.93. The Morgan fingerprint density at radius 2 is 1.58 bits per heavy atom. The summed E-state index contributed by atoms with van der Waals surface area (Å²) in [6, 6.07) is 20.9. The monoisotopic (exact) mass is 464 g/mol. The van der Waals surface area contributed by atoms with Crippen LogP contribution in [0.25, 0.3) is 6.08 Å². The third-order valence-electron chi connectivity index (χ3n) is 4.88. The average Bonchev–Trinajstić information content (AvgIpc) is 3.08. The van der Waals surface area contributed by atoms with Crippen molar-refractivity contribution in [2.75, 3.05) is 7.11 Å². The quantitative estimate of drug-likeness (QED) is 0.326. The maximum Gasteiger partial charge on any atom is 0.339 e. The van der Waals surface area contributed by atoms with Gasteiger partial charge in [-0.3, -0.25) is 9.69 Å². The predicted octanol–water partition coefficient (Wildman–Crippen LogP) is 3.56. The van der Waals surface area contributed by atoms with E-state index < -0.39 is 22.1 Å². The normalized spacial score (nSPS) is 14.9. The number of hydrogen-bond acceptors (Lipinski definition) is 6. The van der Waals surface area contributed by atoms with Crippen LogP contribution >= 0.6 is 0 Å². The molecule has 1 heterocycles. The zero-order chi connectivity index (χ0) is 23.4. The number of nitrogens with zero attached hydrogens (tertiary/aromatic N) is 1. The zero-order valence-electron chi connectivity index (χ0n) is 17.6. The van der Waals surface area contributed by atoms with Crippen LogP contribution in [0.3, 0.4) is 0 Å². The van der Waals surface area contributed by atoms with Crippen LogP contribution in [-0.2, 0) is 21.5 Å². The van der Waals surface area contributed by atoms with Crippen molar-refractivity contribution in [1.82, 2.24) is 10.2 Å².